The molecular weight excluding hydrogens is 439 g/mol. The van der Waals surface area contributed by atoms with Gasteiger partial charge in [0.05, 0.1) is 22.8 Å². The highest BCUT2D eigenvalue weighted by atomic mass is 35.5. The number of carbonyl (C=O) groups is 1. The van der Waals surface area contributed by atoms with Gasteiger partial charge in [0.1, 0.15) is 16.2 Å². The molecule has 0 aliphatic rings. The summed E-state index contributed by atoms with van der Waals surface area (Å²) in [5.74, 6) is -0.219. The normalized spacial score (nSPS) is 11.3. The van der Waals surface area contributed by atoms with Crippen molar-refractivity contribution in [2.75, 3.05) is 12.4 Å². The lowest BCUT2D eigenvalue weighted by Gasteiger charge is -2.14. The van der Waals surface area contributed by atoms with Gasteiger partial charge < -0.3 is 14.2 Å². The number of benzene rings is 2. The van der Waals surface area contributed by atoms with Crippen LogP contribution >= 0.6 is 23.2 Å². The van der Waals surface area contributed by atoms with Crippen molar-refractivity contribution < 1.29 is 22.1 Å². The average Bonchev–Trinajstić information content (AvgIpc) is 2.64. The molecule has 0 aliphatic heterocycles. The number of rotatable bonds is 5. The van der Waals surface area contributed by atoms with Crippen LogP contribution in [-0.2, 0) is 14.9 Å². The molecule has 152 valence electrons. The van der Waals surface area contributed by atoms with Crippen LogP contribution in [0.2, 0.25) is 10.0 Å². The van der Waals surface area contributed by atoms with Gasteiger partial charge in [-0.15, -0.1) is 0 Å². The summed E-state index contributed by atoms with van der Waals surface area (Å²) in [6.07, 6.45) is 0. The van der Waals surface area contributed by atoms with Gasteiger partial charge in [-0.3, -0.25) is 4.79 Å². The maximum atomic E-state index is 12.9. The van der Waals surface area contributed by atoms with Crippen LogP contribution in [0.1, 0.15) is 12.6 Å². The zero-order valence-electron chi connectivity index (χ0n) is 15.6. The first kappa shape index (κ1) is 21.2. The molecule has 10 heteroatoms. The first-order valence-electron chi connectivity index (χ1n) is 8.28. The molecule has 0 atom stereocenters. The first-order valence-corrected chi connectivity index (χ1v) is 10.4. The van der Waals surface area contributed by atoms with Crippen LogP contribution in [0.15, 0.2) is 41.3 Å². The minimum atomic E-state index is -4.31. The zero-order chi connectivity index (χ0) is 21.3. The van der Waals surface area contributed by atoms with Gasteiger partial charge in [0.2, 0.25) is 5.91 Å². The monoisotopic (exact) mass is 454 g/mol. The fourth-order valence-electron chi connectivity index (χ4n) is 2.66. The Labute approximate surface area is 177 Å². The molecule has 1 amide bonds. The zero-order valence-corrected chi connectivity index (χ0v) is 17.9. The molecule has 3 aromatic rings. The summed E-state index contributed by atoms with van der Waals surface area (Å²) in [7, 11) is -2.91. The van der Waals surface area contributed by atoms with E-state index in [0.29, 0.717) is 21.9 Å². The Hall–Kier alpha value is -2.55. The van der Waals surface area contributed by atoms with Crippen molar-refractivity contribution in [2.45, 2.75) is 18.7 Å². The van der Waals surface area contributed by atoms with Crippen molar-refractivity contribution in [3.05, 3.63) is 52.1 Å². The second-order valence-corrected chi connectivity index (χ2v) is 8.46. The van der Waals surface area contributed by atoms with Crippen molar-refractivity contribution in [1.29, 1.82) is 0 Å². The third-order valence-electron chi connectivity index (χ3n) is 3.94. The largest absolute Gasteiger partial charge is 0.495 e. The molecule has 7 nitrogen and oxygen atoms in total. The molecule has 0 fully saturated rings. The maximum Gasteiger partial charge on any atom is 0.339 e. The minimum Gasteiger partial charge on any atom is -0.495 e. The van der Waals surface area contributed by atoms with Crippen LogP contribution in [-0.4, -0.2) is 26.4 Å². The summed E-state index contributed by atoms with van der Waals surface area (Å²) in [4.78, 5) is 15.5. The smallest absolute Gasteiger partial charge is 0.339 e. The fourth-order valence-corrected chi connectivity index (χ4v) is 4.24. The molecular formula is C19H16Cl2N2O5S. The number of hydrogen-bond donors (Lipinski definition) is 1. The van der Waals surface area contributed by atoms with E-state index in [1.165, 1.54) is 38.3 Å². The van der Waals surface area contributed by atoms with Crippen molar-refractivity contribution in [1.82, 2.24) is 4.98 Å². The Balaban J connectivity index is 2.11. The number of anilines is 1. The second kappa shape index (κ2) is 8.06. The number of halogens is 2. The molecule has 0 radical (unpaired) electrons. The highest BCUT2D eigenvalue weighted by Gasteiger charge is 2.23. The lowest BCUT2D eigenvalue weighted by molar-refractivity contribution is -0.114. The van der Waals surface area contributed by atoms with E-state index in [1.807, 2.05) is 0 Å². The molecule has 0 saturated heterocycles. The minimum absolute atomic E-state index is 0.000212. The number of aromatic nitrogens is 1. The number of nitrogens with one attached hydrogen (secondary N) is 1. The quantitative estimate of drug-likeness (QED) is 0.566. The van der Waals surface area contributed by atoms with Crippen LogP contribution < -0.4 is 14.2 Å². The van der Waals surface area contributed by atoms with Gasteiger partial charge in [0.25, 0.3) is 0 Å². The third kappa shape index (κ3) is 4.39. The number of methoxy groups -OCH3 is 1. The number of fused-ring (bicyclic) bond motifs is 1. The highest BCUT2D eigenvalue weighted by molar-refractivity contribution is 7.87. The van der Waals surface area contributed by atoms with Crippen LogP contribution in [0.4, 0.5) is 5.69 Å². The lowest BCUT2D eigenvalue weighted by atomic mass is 10.2. The third-order valence-corrected chi connectivity index (χ3v) is 5.75. The topological polar surface area (TPSA) is 94.6 Å². The van der Waals surface area contributed by atoms with Crippen molar-refractivity contribution in [3.63, 3.8) is 0 Å². The van der Waals surface area contributed by atoms with E-state index in [4.69, 9.17) is 32.1 Å². The van der Waals surface area contributed by atoms with Gasteiger partial charge in [-0.2, -0.15) is 8.42 Å². The molecule has 0 saturated carbocycles. The van der Waals surface area contributed by atoms with Crippen molar-refractivity contribution in [2.24, 2.45) is 0 Å². The Morgan fingerprint density at radius 3 is 2.48 bits per heavy atom. The van der Waals surface area contributed by atoms with Crippen LogP contribution in [0, 0.1) is 6.92 Å². The summed E-state index contributed by atoms with van der Waals surface area (Å²) in [5.41, 5.74) is 1.04. The van der Waals surface area contributed by atoms with E-state index < -0.39 is 10.1 Å². The van der Waals surface area contributed by atoms with E-state index in [2.05, 4.69) is 10.3 Å². The van der Waals surface area contributed by atoms with E-state index in [1.54, 1.807) is 19.1 Å². The fraction of sp³-hybridized carbons (Fsp3) is 0.158. The van der Waals surface area contributed by atoms with Gasteiger partial charge in [-0.05, 0) is 43.3 Å². The molecule has 1 aromatic heterocycles. The van der Waals surface area contributed by atoms with Gasteiger partial charge >= 0.3 is 10.1 Å². The molecule has 0 unspecified atom stereocenters. The Morgan fingerprint density at radius 1 is 1.10 bits per heavy atom. The number of pyridine rings is 1. The van der Waals surface area contributed by atoms with E-state index in [-0.39, 0.29) is 32.8 Å². The van der Waals surface area contributed by atoms with Crippen LogP contribution in [0.5, 0.6) is 11.5 Å². The second-order valence-electron chi connectivity index (χ2n) is 6.10. The van der Waals surface area contributed by atoms with Gasteiger partial charge in [0.15, 0.2) is 5.75 Å². The molecule has 3 rings (SSSR count). The Morgan fingerprint density at radius 2 is 1.83 bits per heavy atom. The number of ether oxygens (including phenoxy) is 1. The molecule has 0 bridgehead atoms. The standard InChI is InChI=1S/C19H16Cl2N2O5S/c1-10-4-6-13-14(20)9-15(21)19(18(13)22-10)28-29(25,26)12-5-7-17(27-3)16(8-12)23-11(2)24/h4-9H,1-3H3,(H,23,24). The van der Waals surface area contributed by atoms with Crippen molar-refractivity contribution in [3.8, 4) is 11.5 Å². The molecule has 1 heterocycles. The van der Waals surface area contributed by atoms with E-state index in [9.17, 15) is 13.2 Å². The number of carbonyl (C=O) groups excluding carboxylic acids is 1. The van der Waals surface area contributed by atoms with Gasteiger partial charge in [0, 0.05) is 18.0 Å². The molecule has 0 spiro atoms. The number of aryl methyl sites for hydroxylation is 1. The molecule has 0 aliphatic carbocycles. The maximum absolute atomic E-state index is 12.9. The highest BCUT2D eigenvalue weighted by Crippen LogP contribution is 2.39. The number of nitrogens with zero attached hydrogens (tertiary/aromatic N) is 1. The van der Waals surface area contributed by atoms with Crippen LogP contribution in [0.25, 0.3) is 10.9 Å². The Kier molecular flexibility index (Phi) is 5.88. The van der Waals surface area contributed by atoms with E-state index in [0.717, 1.165) is 0 Å². The number of hydrogen-bond acceptors (Lipinski definition) is 6. The predicted octanol–water partition coefficient (Wildman–Crippen LogP) is 4.58. The molecule has 2 aromatic carbocycles. The molecule has 1 N–H and O–H groups in total. The average molecular weight is 455 g/mol. The number of amides is 1. The van der Waals surface area contributed by atoms with Crippen molar-refractivity contribution >= 4 is 55.8 Å². The molecule has 29 heavy (non-hydrogen) atoms. The summed E-state index contributed by atoms with van der Waals surface area (Å²) in [6.45, 7) is 3.04. The predicted molar refractivity (Wildman–Crippen MR) is 112 cm³/mol. The summed E-state index contributed by atoms with van der Waals surface area (Å²) >= 11 is 12.4. The Bertz CT molecular complexity index is 1230. The van der Waals surface area contributed by atoms with E-state index >= 15 is 0 Å². The summed E-state index contributed by atoms with van der Waals surface area (Å²) < 4.78 is 36.3. The SMILES string of the molecule is COc1ccc(S(=O)(=O)Oc2c(Cl)cc(Cl)c3ccc(C)nc23)cc1NC(C)=O. The van der Waals surface area contributed by atoms with Gasteiger partial charge in [-0.25, -0.2) is 4.98 Å². The summed E-state index contributed by atoms with van der Waals surface area (Å²) in [6, 6.07) is 8.78. The first-order chi connectivity index (χ1) is 13.6. The van der Waals surface area contributed by atoms with Gasteiger partial charge in [-0.1, -0.05) is 23.2 Å². The van der Waals surface area contributed by atoms with Crippen LogP contribution in [0.3, 0.4) is 0 Å². The lowest BCUT2D eigenvalue weighted by Crippen LogP contribution is -2.13. The summed E-state index contributed by atoms with van der Waals surface area (Å²) in [5, 5.41) is 3.34.